The average Bonchev–Trinajstić information content (AvgIpc) is 2.08. The van der Waals surface area contributed by atoms with Crippen LogP contribution in [0.15, 0.2) is 12.7 Å². The third-order valence-electron chi connectivity index (χ3n) is 1.55. The number of alkyl carbamates (subject to hydrolysis) is 1. The molecule has 5 nitrogen and oxygen atoms in total. The first-order valence-electron chi connectivity index (χ1n) is 4.28. The second-order valence-corrected chi connectivity index (χ2v) is 4.61. The molecule has 0 aliphatic rings. The Kier molecular flexibility index (Phi) is 5.21. The van der Waals surface area contributed by atoms with Crippen LogP contribution >= 0.6 is 12.6 Å². The molecule has 0 aliphatic heterocycles. The van der Waals surface area contributed by atoms with Crippen LogP contribution in [0.4, 0.5) is 4.79 Å². The van der Waals surface area contributed by atoms with E-state index in [1.165, 1.54) is 6.08 Å². The summed E-state index contributed by atoms with van der Waals surface area (Å²) in [4.78, 5) is 21.9. The third-order valence-corrected chi connectivity index (χ3v) is 1.81. The van der Waals surface area contributed by atoms with Crippen molar-refractivity contribution in [2.24, 2.45) is 0 Å². The Hall–Kier alpha value is -1.17. The monoisotopic (exact) mass is 233 g/mol. The number of carbonyl (C=O) groups excluding carboxylic acids is 1. The van der Waals surface area contributed by atoms with Gasteiger partial charge in [-0.1, -0.05) is 12.7 Å². The van der Waals surface area contributed by atoms with Crippen molar-refractivity contribution in [3.8, 4) is 0 Å². The van der Waals surface area contributed by atoms with Gasteiger partial charge in [0, 0.05) is 4.75 Å². The molecule has 0 aromatic rings. The van der Waals surface area contributed by atoms with Crippen molar-refractivity contribution in [1.29, 1.82) is 0 Å². The van der Waals surface area contributed by atoms with Crippen LogP contribution in [0.2, 0.25) is 0 Å². The lowest BCUT2D eigenvalue weighted by atomic mass is 10.0. The molecular weight excluding hydrogens is 218 g/mol. The smallest absolute Gasteiger partial charge is 0.408 e. The number of hydrogen-bond donors (Lipinski definition) is 3. The molecule has 2 N–H and O–H groups in total. The standard InChI is InChI=1S/C9H15NO4S/c1-4-5-14-8(13)10-6(7(11)12)9(2,3)15/h4,6,15H,1,5H2,2-3H3,(H,10,13)(H,11,12)/t6-/m0/s1. The van der Waals surface area contributed by atoms with Gasteiger partial charge in [-0.15, -0.1) is 0 Å². The van der Waals surface area contributed by atoms with Gasteiger partial charge >= 0.3 is 12.1 Å². The Morgan fingerprint density at radius 1 is 1.67 bits per heavy atom. The Morgan fingerprint density at radius 3 is 2.53 bits per heavy atom. The molecule has 0 bridgehead atoms. The first kappa shape index (κ1) is 13.8. The zero-order chi connectivity index (χ0) is 12.1. The molecule has 0 aromatic carbocycles. The van der Waals surface area contributed by atoms with Crippen LogP contribution in [-0.2, 0) is 9.53 Å². The minimum Gasteiger partial charge on any atom is -0.480 e. The van der Waals surface area contributed by atoms with Crippen LogP contribution in [0.1, 0.15) is 13.8 Å². The van der Waals surface area contributed by atoms with E-state index < -0.39 is 22.9 Å². The van der Waals surface area contributed by atoms with Gasteiger partial charge in [-0.25, -0.2) is 9.59 Å². The minimum atomic E-state index is -1.16. The molecule has 0 spiro atoms. The van der Waals surface area contributed by atoms with E-state index in [2.05, 4.69) is 29.3 Å². The molecule has 15 heavy (non-hydrogen) atoms. The summed E-state index contributed by atoms with van der Waals surface area (Å²) in [6.45, 7) is 6.56. The van der Waals surface area contributed by atoms with Gasteiger partial charge in [0.2, 0.25) is 0 Å². The lowest BCUT2D eigenvalue weighted by molar-refractivity contribution is -0.139. The number of carboxylic acids is 1. The number of carboxylic acid groups (broad SMARTS) is 1. The molecular formula is C9H15NO4S. The molecule has 0 fully saturated rings. The van der Waals surface area contributed by atoms with Crippen molar-refractivity contribution in [3.05, 3.63) is 12.7 Å². The normalized spacial score (nSPS) is 12.7. The highest BCUT2D eigenvalue weighted by atomic mass is 32.1. The second-order valence-electron chi connectivity index (χ2n) is 3.46. The van der Waals surface area contributed by atoms with Gasteiger partial charge in [0.1, 0.15) is 12.6 Å². The van der Waals surface area contributed by atoms with E-state index >= 15 is 0 Å². The third kappa shape index (κ3) is 5.31. The van der Waals surface area contributed by atoms with Crippen molar-refractivity contribution in [2.45, 2.75) is 24.6 Å². The fourth-order valence-electron chi connectivity index (χ4n) is 0.835. The zero-order valence-electron chi connectivity index (χ0n) is 8.69. The second kappa shape index (κ2) is 5.65. The Labute approximate surface area is 93.9 Å². The van der Waals surface area contributed by atoms with Crippen LogP contribution in [0.3, 0.4) is 0 Å². The van der Waals surface area contributed by atoms with Gasteiger partial charge in [0.15, 0.2) is 0 Å². The van der Waals surface area contributed by atoms with Crippen LogP contribution < -0.4 is 5.32 Å². The van der Waals surface area contributed by atoms with E-state index in [0.717, 1.165) is 0 Å². The Bertz CT molecular complexity index is 259. The maximum atomic E-state index is 11.1. The molecule has 6 heteroatoms. The number of aliphatic carboxylic acids is 1. The molecule has 86 valence electrons. The maximum absolute atomic E-state index is 11.1. The van der Waals surface area contributed by atoms with Gasteiger partial charge < -0.3 is 15.2 Å². The maximum Gasteiger partial charge on any atom is 0.408 e. The zero-order valence-corrected chi connectivity index (χ0v) is 9.58. The predicted octanol–water partition coefficient (Wildman–Crippen LogP) is 1.06. The van der Waals surface area contributed by atoms with Crippen LogP contribution in [0.5, 0.6) is 0 Å². The molecule has 1 amide bonds. The summed E-state index contributed by atoms with van der Waals surface area (Å²) in [6.07, 6.45) is 0.589. The Morgan fingerprint density at radius 2 is 2.20 bits per heavy atom. The summed E-state index contributed by atoms with van der Waals surface area (Å²) in [5.74, 6) is -1.16. The highest BCUT2D eigenvalue weighted by Crippen LogP contribution is 2.17. The number of thiol groups is 1. The van der Waals surface area contributed by atoms with Crippen molar-refractivity contribution >= 4 is 24.7 Å². The highest BCUT2D eigenvalue weighted by molar-refractivity contribution is 7.81. The molecule has 0 saturated carbocycles. The van der Waals surface area contributed by atoms with E-state index in [0.29, 0.717) is 0 Å². The minimum absolute atomic E-state index is 0.0329. The highest BCUT2D eigenvalue weighted by Gasteiger charge is 2.33. The summed E-state index contributed by atoms with van der Waals surface area (Å²) < 4.78 is 3.73. The largest absolute Gasteiger partial charge is 0.480 e. The van der Waals surface area contributed by atoms with E-state index in [1.807, 2.05) is 0 Å². The van der Waals surface area contributed by atoms with E-state index in [9.17, 15) is 9.59 Å². The van der Waals surface area contributed by atoms with Gasteiger partial charge in [-0.2, -0.15) is 12.6 Å². The van der Waals surface area contributed by atoms with Crippen molar-refractivity contribution in [1.82, 2.24) is 5.32 Å². The van der Waals surface area contributed by atoms with Crippen molar-refractivity contribution in [2.75, 3.05) is 6.61 Å². The summed E-state index contributed by atoms with van der Waals surface area (Å²) in [5.41, 5.74) is 0. The lowest BCUT2D eigenvalue weighted by Crippen LogP contribution is -2.51. The van der Waals surface area contributed by atoms with Gasteiger partial charge in [-0.3, -0.25) is 0 Å². The van der Waals surface area contributed by atoms with E-state index in [-0.39, 0.29) is 6.61 Å². The van der Waals surface area contributed by atoms with Crippen molar-refractivity contribution in [3.63, 3.8) is 0 Å². The number of carbonyl (C=O) groups is 2. The lowest BCUT2D eigenvalue weighted by Gasteiger charge is -2.26. The number of nitrogens with one attached hydrogen (secondary N) is 1. The number of hydrogen-bond acceptors (Lipinski definition) is 4. The summed E-state index contributed by atoms with van der Waals surface area (Å²) in [7, 11) is 0. The molecule has 0 saturated heterocycles. The molecule has 0 aliphatic carbocycles. The van der Waals surface area contributed by atoms with Gasteiger partial charge in [-0.05, 0) is 13.8 Å². The average molecular weight is 233 g/mol. The van der Waals surface area contributed by atoms with Crippen LogP contribution in [-0.4, -0.2) is 34.6 Å². The summed E-state index contributed by atoms with van der Waals surface area (Å²) in [6, 6.07) is -1.11. The van der Waals surface area contributed by atoms with Crippen LogP contribution in [0, 0.1) is 0 Å². The first-order chi connectivity index (χ1) is 6.79. The van der Waals surface area contributed by atoms with Crippen molar-refractivity contribution < 1.29 is 19.4 Å². The van der Waals surface area contributed by atoms with E-state index in [1.54, 1.807) is 13.8 Å². The van der Waals surface area contributed by atoms with Gasteiger partial charge in [0.25, 0.3) is 0 Å². The predicted molar refractivity (Wildman–Crippen MR) is 59.2 cm³/mol. The molecule has 0 unspecified atom stereocenters. The van der Waals surface area contributed by atoms with Crippen LogP contribution in [0.25, 0.3) is 0 Å². The van der Waals surface area contributed by atoms with Gasteiger partial charge in [0.05, 0.1) is 0 Å². The summed E-state index contributed by atoms with van der Waals surface area (Å²) in [5, 5.41) is 11.1. The number of rotatable bonds is 5. The van der Waals surface area contributed by atoms with E-state index in [4.69, 9.17) is 5.11 Å². The molecule has 1 atom stereocenters. The quantitative estimate of drug-likeness (QED) is 0.490. The summed E-state index contributed by atoms with van der Waals surface area (Å²) >= 11 is 4.08. The fraction of sp³-hybridized carbons (Fsp3) is 0.556. The first-order valence-corrected chi connectivity index (χ1v) is 4.73. The topological polar surface area (TPSA) is 75.6 Å². The Balaban J connectivity index is 4.37. The molecule has 0 radical (unpaired) electrons. The SMILES string of the molecule is C=CCOC(=O)N[C@@H](C(=O)O)C(C)(C)S. The molecule has 0 rings (SSSR count). The number of amides is 1. The fourth-order valence-corrected chi connectivity index (χ4v) is 1.01. The molecule has 0 aromatic heterocycles. The molecule has 0 heterocycles. The number of ether oxygens (including phenoxy) is 1.